The Morgan fingerprint density at radius 2 is 2.18 bits per heavy atom. The second-order valence-electron chi connectivity index (χ2n) is 3.88. The largest absolute Gasteiger partial charge is 0.392 e. The van der Waals surface area contributed by atoms with Crippen LogP contribution in [0.25, 0.3) is 0 Å². The SMILES string of the molecule is O=S(=O)(c1cc(F)ccc1Cl)N1CCC(O)C1. The molecule has 1 aromatic carbocycles. The van der Waals surface area contributed by atoms with Crippen LogP contribution < -0.4 is 0 Å². The molecule has 7 heteroatoms. The monoisotopic (exact) mass is 279 g/mol. The average molecular weight is 280 g/mol. The molecule has 0 spiro atoms. The average Bonchev–Trinajstić information content (AvgIpc) is 2.69. The van der Waals surface area contributed by atoms with Gasteiger partial charge < -0.3 is 5.11 Å². The Bertz CT molecular complexity index is 534. The van der Waals surface area contributed by atoms with E-state index in [4.69, 9.17) is 11.6 Å². The van der Waals surface area contributed by atoms with Gasteiger partial charge in [-0.1, -0.05) is 11.6 Å². The molecular formula is C10H11ClFNO3S. The highest BCUT2D eigenvalue weighted by Crippen LogP contribution is 2.27. The van der Waals surface area contributed by atoms with E-state index >= 15 is 0 Å². The molecule has 0 aromatic heterocycles. The van der Waals surface area contributed by atoms with Gasteiger partial charge in [0, 0.05) is 13.1 Å². The maximum atomic E-state index is 13.1. The molecule has 2 rings (SSSR count). The number of rotatable bonds is 2. The second kappa shape index (κ2) is 4.53. The van der Waals surface area contributed by atoms with E-state index in [9.17, 15) is 17.9 Å². The van der Waals surface area contributed by atoms with Gasteiger partial charge in [0.1, 0.15) is 10.7 Å². The van der Waals surface area contributed by atoms with Crippen LogP contribution in [-0.4, -0.2) is 37.0 Å². The van der Waals surface area contributed by atoms with Gasteiger partial charge in [-0.2, -0.15) is 4.31 Å². The normalized spacial score (nSPS) is 21.9. The number of nitrogens with zero attached hydrogens (tertiary/aromatic N) is 1. The third-order valence-corrected chi connectivity index (χ3v) is 4.98. The van der Waals surface area contributed by atoms with Crippen LogP contribution in [0.1, 0.15) is 6.42 Å². The predicted octanol–water partition coefficient (Wildman–Crippen LogP) is 1.23. The lowest BCUT2D eigenvalue weighted by molar-refractivity contribution is 0.189. The minimum atomic E-state index is -3.82. The zero-order chi connectivity index (χ0) is 12.6. The molecule has 17 heavy (non-hydrogen) atoms. The van der Waals surface area contributed by atoms with Crippen molar-refractivity contribution < 1.29 is 17.9 Å². The van der Waals surface area contributed by atoms with Crippen molar-refractivity contribution in [3.63, 3.8) is 0 Å². The number of aliphatic hydroxyl groups is 1. The summed E-state index contributed by atoms with van der Waals surface area (Å²) in [6.45, 7) is 0.242. The summed E-state index contributed by atoms with van der Waals surface area (Å²) in [5.74, 6) is -0.660. The molecule has 4 nitrogen and oxygen atoms in total. The zero-order valence-electron chi connectivity index (χ0n) is 8.81. The van der Waals surface area contributed by atoms with Gasteiger partial charge in [0.05, 0.1) is 11.1 Å². The van der Waals surface area contributed by atoms with Crippen molar-refractivity contribution in [3.8, 4) is 0 Å². The second-order valence-corrected chi connectivity index (χ2v) is 6.19. The summed E-state index contributed by atoms with van der Waals surface area (Å²) >= 11 is 5.76. The lowest BCUT2D eigenvalue weighted by atomic mass is 10.3. The highest BCUT2D eigenvalue weighted by Gasteiger charge is 2.33. The Balaban J connectivity index is 2.41. The molecule has 0 saturated carbocycles. The quantitative estimate of drug-likeness (QED) is 0.886. The number of β-amino-alcohol motifs (C(OH)–C–C–N with tert-alkyl or cyclic N) is 1. The molecule has 1 heterocycles. The Morgan fingerprint density at radius 3 is 2.76 bits per heavy atom. The molecule has 0 amide bonds. The summed E-state index contributed by atoms with van der Waals surface area (Å²) in [5.41, 5.74) is 0. The summed E-state index contributed by atoms with van der Waals surface area (Å²) in [4.78, 5) is -0.256. The molecule has 0 radical (unpaired) electrons. The van der Waals surface area contributed by atoms with Crippen LogP contribution >= 0.6 is 11.6 Å². The number of aliphatic hydroxyl groups excluding tert-OH is 1. The third-order valence-electron chi connectivity index (χ3n) is 2.64. The van der Waals surface area contributed by atoms with Crippen molar-refractivity contribution in [2.45, 2.75) is 17.4 Å². The topological polar surface area (TPSA) is 57.6 Å². The van der Waals surface area contributed by atoms with E-state index in [1.54, 1.807) is 0 Å². The standard InChI is InChI=1S/C10H11ClFNO3S/c11-9-2-1-7(12)5-10(9)17(15,16)13-4-3-8(14)6-13/h1-2,5,8,14H,3-4,6H2. The van der Waals surface area contributed by atoms with Gasteiger partial charge in [-0.05, 0) is 24.6 Å². The lowest BCUT2D eigenvalue weighted by Gasteiger charge is -2.16. The Labute approximate surface area is 104 Å². The fraction of sp³-hybridized carbons (Fsp3) is 0.400. The molecule has 94 valence electrons. The van der Waals surface area contributed by atoms with Gasteiger partial charge in [-0.25, -0.2) is 12.8 Å². The van der Waals surface area contributed by atoms with Crippen LogP contribution in [0.15, 0.2) is 23.1 Å². The van der Waals surface area contributed by atoms with E-state index in [1.165, 1.54) is 6.07 Å². The van der Waals surface area contributed by atoms with Crippen LogP contribution in [0.2, 0.25) is 5.02 Å². The summed E-state index contributed by atoms with van der Waals surface area (Å²) in [5, 5.41) is 9.30. The van der Waals surface area contributed by atoms with Gasteiger partial charge in [0.2, 0.25) is 10.0 Å². The minimum absolute atomic E-state index is 0.0206. The predicted molar refractivity (Wildman–Crippen MR) is 60.8 cm³/mol. The fourth-order valence-corrected chi connectivity index (χ4v) is 3.72. The molecule has 0 bridgehead atoms. The van der Waals surface area contributed by atoms with E-state index in [0.29, 0.717) is 6.42 Å². The smallest absolute Gasteiger partial charge is 0.244 e. The van der Waals surface area contributed by atoms with Crippen LogP contribution in [0, 0.1) is 5.82 Å². The van der Waals surface area contributed by atoms with Crippen molar-refractivity contribution >= 4 is 21.6 Å². The molecule has 1 aliphatic rings. The zero-order valence-corrected chi connectivity index (χ0v) is 10.4. The van der Waals surface area contributed by atoms with Crippen LogP contribution in [0.5, 0.6) is 0 Å². The first-order chi connectivity index (χ1) is 7.91. The Kier molecular flexibility index (Phi) is 3.40. The summed E-state index contributed by atoms with van der Waals surface area (Å²) in [6.07, 6.45) is -0.288. The summed E-state index contributed by atoms with van der Waals surface area (Å²) in [7, 11) is -3.82. The molecule has 1 unspecified atom stereocenters. The molecular weight excluding hydrogens is 269 g/mol. The number of hydrogen-bond donors (Lipinski definition) is 1. The van der Waals surface area contributed by atoms with Gasteiger partial charge in [-0.15, -0.1) is 0 Å². The van der Waals surface area contributed by atoms with Crippen molar-refractivity contribution in [2.75, 3.05) is 13.1 Å². The van der Waals surface area contributed by atoms with Crippen molar-refractivity contribution in [3.05, 3.63) is 29.0 Å². The maximum Gasteiger partial charge on any atom is 0.244 e. The maximum absolute atomic E-state index is 13.1. The third kappa shape index (κ3) is 2.44. The highest BCUT2D eigenvalue weighted by molar-refractivity contribution is 7.89. The van der Waals surface area contributed by atoms with Crippen molar-refractivity contribution in [2.24, 2.45) is 0 Å². The van der Waals surface area contributed by atoms with Crippen molar-refractivity contribution in [1.82, 2.24) is 4.31 Å². The van der Waals surface area contributed by atoms with E-state index in [-0.39, 0.29) is 23.0 Å². The van der Waals surface area contributed by atoms with Gasteiger partial charge in [0.25, 0.3) is 0 Å². The Morgan fingerprint density at radius 1 is 1.47 bits per heavy atom. The number of benzene rings is 1. The molecule has 1 aliphatic heterocycles. The minimum Gasteiger partial charge on any atom is -0.392 e. The van der Waals surface area contributed by atoms with Crippen molar-refractivity contribution in [1.29, 1.82) is 0 Å². The van der Waals surface area contributed by atoms with Gasteiger partial charge in [-0.3, -0.25) is 0 Å². The first-order valence-electron chi connectivity index (χ1n) is 5.04. The van der Waals surface area contributed by atoms with E-state index in [1.807, 2.05) is 0 Å². The molecule has 1 fully saturated rings. The first kappa shape index (κ1) is 12.8. The Hall–Kier alpha value is -0.690. The summed E-state index contributed by atoms with van der Waals surface area (Å²) < 4.78 is 38.4. The lowest BCUT2D eigenvalue weighted by Crippen LogP contribution is -2.30. The fourth-order valence-electron chi connectivity index (χ4n) is 1.74. The molecule has 1 saturated heterocycles. The van der Waals surface area contributed by atoms with Gasteiger partial charge in [0.15, 0.2) is 0 Å². The number of halogens is 2. The van der Waals surface area contributed by atoms with E-state index in [0.717, 1.165) is 16.4 Å². The van der Waals surface area contributed by atoms with Crippen LogP contribution in [-0.2, 0) is 10.0 Å². The number of sulfonamides is 1. The molecule has 0 aliphatic carbocycles. The first-order valence-corrected chi connectivity index (χ1v) is 6.86. The highest BCUT2D eigenvalue weighted by atomic mass is 35.5. The van der Waals surface area contributed by atoms with Crippen LogP contribution in [0.4, 0.5) is 4.39 Å². The molecule has 1 aromatic rings. The van der Waals surface area contributed by atoms with E-state index in [2.05, 4.69) is 0 Å². The van der Waals surface area contributed by atoms with Crippen LogP contribution in [0.3, 0.4) is 0 Å². The molecule has 1 N–H and O–H groups in total. The van der Waals surface area contributed by atoms with Gasteiger partial charge >= 0.3 is 0 Å². The summed E-state index contributed by atoms with van der Waals surface area (Å²) in [6, 6.07) is 3.19. The number of hydrogen-bond acceptors (Lipinski definition) is 3. The molecule has 1 atom stereocenters. The van der Waals surface area contributed by atoms with E-state index < -0.39 is 21.9 Å².